The minimum Gasteiger partial charge on any atom is -0.466 e. The maximum atomic E-state index is 14.1. The quantitative estimate of drug-likeness (QED) is 0.719. The molecule has 3 rings (SSSR count). The predicted molar refractivity (Wildman–Crippen MR) is 98.8 cm³/mol. The Bertz CT molecular complexity index is 896. The highest BCUT2D eigenvalue weighted by molar-refractivity contribution is 5.91. The summed E-state index contributed by atoms with van der Waals surface area (Å²) in [7, 11) is 0. The summed E-state index contributed by atoms with van der Waals surface area (Å²) >= 11 is 0. The molecule has 0 N–H and O–H groups in total. The first kappa shape index (κ1) is 20.0. The van der Waals surface area contributed by atoms with E-state index in [4.69, 9.17) is 9.47 Å². The fraction of sp³-hybridized carbons (Fsp3) is 0.364. The van der Waals surface area contributed by atoms with Gasteiger partial charge in [0.1, 0.15) is 17.0 Å². The summed E-state index contributed by atoms with van der Waals surface area (Å²) in [6.45, 7) is 3.73. The number of ether oxygens (including phenoxy) is 2. The molecule has 0 saturated heterocycles. The molecule has 0 spiro atoms. The summed E-state index contributed by atoms with van der Waals surface area (Å²) in [6.07, 6.45) is 0.474. The molecule has 0 amide bonds. The van der Waals surface area contributed by atoms with E-state index in [1.165, 1.54) is 36.4 Å². The Morgan fingerprint density at radius 2 is 1.75 bits per heavy atom. The predicted octanol–water partition coefficient (Wildman–Crippen LogP) is 4.25. The van der Waals surface area contributed by atoms with Crippen LogP contribution in [-0.2, 0) is 24.5 Å². The fourth-order valence-electron chi connectivity index (χ4n) is 3.99. The first-order valence-corrected chi connectivity index (χ1v) is 9.33. The average molecular weight is 388 g/mol. The SMILES string of the molecule is CCOC(=O)C1CCC(C(=O)OCC)(c2cccc(F)c2)c2ccc(F)cc21. The van der Waals surface area contributed by atoms with Crippen molar-refractivity contribution in [1.29, 1.82) is 0 Å². The van der Waals surface area contributed by atoms with Gasteiger partial charge in [0.2, 0.25) is 0 Å². The topological polar surface area (TPSA) is 52.6 Å². The molecular weight excluding hydrogens is 366 g/mol. The molecule has 148 valence electrons. The van der Waals surface area contributed by atoms with Crippen LogP contribution in [0, 0.1) is 11.6 Å². The molecule has 1 aliphatic carbocycles. The standard InChI is InChI=1S/C22H22F2O4/c1-3-27-20(25)17-10-11-22(21(26)28-4-2,14-6-5-7-15(23)12-14)19-9-8-16(24)13-18(17)19/h5-9,12-13,17H,3-4,10-11H2,1-2H3. The Labute approximate surface area is 162 Å². The lowest BCUT2D eigenvalue weighted by atomic mass is 9.63. The number of rotatable bonds is 5. The van der Waals surface area contributed by atoms with Crippen molar-refractivity contribution in [2.45, 2.75) is 38.0 Å². The first-order valence-electron chi connectivity index (χ1n) is 9.33. The smallest absolute Gasteiger partial charge is 0.321 e. The molecule has 2 unspecified atom stereocenters. The third-order valence-corrected chi connectivity index (χ3v) is 5.17. The summed E-state index contributed by atoms with van der Waals surface area (Å²) in [5.74, 6) is -2.71. The van der Waals surface area contributed by atoms with E-state index in [1.807, 2.05) is 0 Å². The van der Waals surface area contributed by atoms with E-state index in [0.29, 0.717) is 16.7 Å². The lowest BCUT2D eigenvalue weighted by molar-refractivity contribution is -0.151. The third-order valence-electron chi connectivity index (χ3n) is 5.17. The van der Waals surface area contributed by atoms with Crippen LogP contribution in [0.5, 0.6) is 0 Å². The van der Waals surface area contributed by atoms with E-state index < -0.39 is 34.9 Å². The van der Waals surface area contributed by atoms with Gasteiger partial charge in [-0.2, -0.15) is 0 Å². The highest BCUT2D eigenvalue weighted by atomic mass is 19.1. The summed E-state index contributed by atoms with van der Waals surface area (Å²) in [5.41, 5.74) is -0.0742. The maximum absolute atomic E-state index is 14.1. The number of carbonyl (C=O) groups is 2. The Morgan fingerprint density at radius 1 is 1.04 bits per heavy atom. The molecule has 4 nitrogen and oxygen atoms in total. The molecule has 28 heavy (non-hydrogen) atoms. The van der Waals surface area contributed by atoms with Gasteiger partial charge in [0.05, 0.1) is 19.1 Å². The highest BCUT2D eigenvalue weighted by Gasteiger charge is 2.50. The Hall–Kier alpha value is -2.76. The van der Waals surface area contributed by atoms with Gasteiger partial charge in [0.15, 0.2) is 0 Å². The van der Waals surface area contributed by atoms with Gasteiger partial charge in [-0.3, -0.25) is 9.59 Å². The zero-order chi connectivity index (χ0) is 20.3. The second-order valence-corrected chi connectivity index (χ2v) is 6.71. The molecule has 0 bridgehead atoms. The van der Waals surface area contributed by atoms with Crippen molar-refractivity contribution in [1.82, 2.24) is 0 Å². The lowest BCUT2D eigenvalue weighted by Gasteiger charge is -2.39. The van der Waals surface area contributed by atoms with Crippen LogP contribution in [0.25, 0.3) is 0 Å². The number of esters is 2. The molecule has 1 aliphatic rings. The number of hydrogen-bond acceptors (Lipinski definition) is 4. The lowest BCUT2D eigenvalue weighted by Crippen LogP contribution is -2.43. The van der Waals surface area contributed by atoms with Crippen LogP contribution in [0.4, 0.5) is 8.78 Å². The van der Waals surface area contributed by atoms with Gasteiger partial charge in [-0.1, -0.05) is 18.2 Å². The van der Waals surface area contributed by atoms with E-state index in [0.717, 1.165) is 0 Å². The number of hydrogen-bond donors (Lipinski definition) is 0. The molecule has 0 aliphatic heterocycles. The zero-order valence-electron chi connectivity index (χ0n) is 15.8. The van der Waals surface area contributed by atoms with Gasteiger partial charge in [0.25, 0.3) is 0 Å². The van der Waals surface area contributed by atoms with Crippen molar-refractivity contribution in [3.8, 4) is 0 Å². The summed E-state index contributed by atoms with van der Waals surface area (Å²) in [5, 5.41) is 0. The van der Waals surface area contributed by atoms with Crippen LogP contribution in [0.3, 0.4) is 0 Å². The van der Waals surface area contributed by atoms with Gasteiger partial charge in [-0.15, -0.1) is 0 Å². The molecular formula is C22H22F2O4. The van der Waals surface area contributed by atoms with Gasteiger partial charge < -0.3 is 9.47 Å². The largest absolute Gasteiger partial charge is 0.466 e. The van der Waals surface area contributed by atoms with Crippen molar-refractivity contribution in [3.05, 3.63) is 70.8 Å². The van der Waals surface area contributed by atoms with Crippen molar-refractivity contribution >= 4 is 11.9 Å². The average Bonchev–Trinajstić information content (AvgIpc) is 2.67. The molecule has 6 heteroatoms. The summed E-state index contributed by atoms with van der Waals surface area (Å²) in [4.78, 5) is 25.6. The second kappa shape index (κ2) is 8.09. The van der Waals surface area contributed by atoms with E-state index in [1.54, 1.807) is 19.9 Å². The molecule has 0 radical (unpaired) electrons. The normalized spacial score (nSPS) is 20.9. The Morgan fingerprint density at radius 3 is 2.43 bits per heavy atom. The van der Waals surface area contributed by atoms with Crippen LogP contribution in [-0.4, -0.2) is 25.2 Å². The minimum atomic E-state index is -1.32. The third kappa shape index (κ3) is 3.39. The van der Waals surface area contributed by atoms with Gasteiger partial charge in [-0.25, -0.2) is 8.78 Å². The molecule has 0 aromatic heterocycles. The van der Waals surface area contributed by atoms with Crippen molar-refractivity contribution in [2.75, 3.05) is 13.2 Å². The molecule has 2 aromatic rings. The highest BCUT2D eigenvalue weighted by Crippen LogP contribution is 2.48. The van der Waals surface area contributed by atoms with Gasteiger partial charge in [-0.05, 0) is 67.6 Å². The van der Waals surface area contributed by atoms with Crippen LogP contribution >= 0.6 is 0 Å². The molecule has 2 aromatic carbocycles. The maximum Gasteiger partial charge on any atom is 0.321 e. The van der Waals surface area contributed by atoms with Crippen molar-refractivity contribution < 1.29 is 27.8 Å². The van der Waals surface area contributed by atoms with Crippen LogP contribution in [0.15, 0.2) is 42.5 Å². The van der Waals surface area contributed by atoms with Gasteiger partial charge in [0, 0.05) is 0 Å². The van der Waals surface area contributed by atoms with E-state index >= 15 is 0 Å². The second-order valence-electron chi connectivity index (χ2n) is 6.71. The van der Waals surface area contributed by atoms with Gasteiger partial charge >= 0.3 is 11.9 Å². The van der Waals surface area contributed by atoms with Crippen LogP contribution in [0.1, 0.15) is 49.3 Å². The zero-order valence-corrected chi connectivity index (χ0v) is 15.8. The number of halogens is 2. The Balaban J connectivity index is 2.24. The fourth-order valence-corrected chi connectivity index (χ4v) is 3.99. The van der Waals surface area contributed by atoms with Crippen molar-refractivity contribution in [3.63, 3.8) is 0 Å². The monoisotopic (exact) mass is 388 g/mol. The summed E-state index contributed by atoms with van der Waals surface area (Å²) < 4.78 is 38.5. The number of benzene rings is 2. The number of carbonyl (C=O) groups excluding carboxylic acids is 2. The Kier molecular flexibility index (Phi) is 5.77. The van der Waals surface area contributed by atoms with E-state index in [-0.39, 0.29) is 26.1 Å². The van der Waals surface area contributed by atoms with E-state index in [2.05, 4.69) is 0 Å². The van der Waals surface area contributed by atoms with E-state index in [9.17, 15) is 18.4 Å². The summed E-state index contributed by atoms with van der Waals surface area (Å²) in [6, 6.07) is 9.72. The minimum absolute atomic E-state index is 0.147. The molecule has 0 heterocycles. The number of fused-ring (bicyclic) bond motifs is 1. The first-order chi connectivity index (χ1) is 13.4. The van der Waals surface area contributed by atoms with Crippen LogP contribution < -0.4 is 0 Å². The van der Waals surface area contributed by atoms with Crippen LogP contribution in [0.2, 0.25) is 0 Å². The molecule has 0 saturated carbocycles. The molecule has 0 fully saturated rings. The van der Waals surface area contributed by atoms with Crippen molar-refractivity contribution in [2.24, 2.45) is 0 Å². The molecule has 2 atom stereocenters.